The number of ether oxygens (including phenoxy) is 1. The summed E-state index contributed by atoms with van der Waals surface area (Å²) < 4.78 is 5.88. The zero-order valence-corrected chi connectivity index (χ0v) is 12.7. The van der Waals surface area contributed by atoms with Gasteiger partial charge in [-0.2, -0.15) is 0 Å². The van der Waals surface area contributed by atoms with Crippen LogP contribution in [-0.4, -0.2) is 26.4 Å². The smallest absolute Gasteiger partial charge is 0.348 e. The fourth-order valence-electron chi connectivity index (χ4n) is 1.74. The molecule has 2 aromatic rings. The van der Waals surface area contributed by atoms with Gasteiger partial charge in [0.1, 0.15) is 4.88 Å². The third kappa shape index (κ3) is 2.93. The molecule has 0 aliphatic carbocycles. The van der Waals surface area contributed by atoms with Gasteiger partial charge in [-0.15, -0.1) is 23.1 Å². The standard InChI is InChI=1S/C14H15NO2S2/c1-15(10-7-5-4-6-8-10)11-9-12(13(16)17-2)19-14(11)18-3/h4-9H,1-3H3. The number of thiophene rings is 1. The number of thioether (sulfide) groups is 1. The van der Waals surface area contributed by atoms with Gasteiger partial charge in [-0.1, -0.05) is 18.2 Å². The van der Waals surface area contributed by atoms with E-state index in [-0.39, 0.29) is 5.97 Å². The molecule has 0 saturated heterocycles. The van der Waals surface area contributed by atoms with Gasteiger partial charge in [0, 0.05) is 12.7 Å². The van der Waals surface area contributed by atoms with Gasteiger partial charge in [-0.25, -0.2) is 4.79 Å². The lowest BCUT2D eigenvalue weighted by atomic mass is 10.3. The lowest BCUT2D eigenvalue weighted by Crippen LogP contribution is -2.09. The number of rotatable bonds is 4. The van der Waals surface area contributed by atoms with Crippen LogP contribution >= 0.6 is 23.1 Å². The second kappa shape index (κ2) is 6.12. The number of hydrogen-bond donors (Lipinski definition) is 0. The molecule has 19 heavy (non-hydrogen) atoms. The van der Waals surface area contributed by atoms with E-state index < -0.39 is 0 Å². The van der Waals surface area contributed by atoms with Gasteiger partial charge in [0.05, 0.1) is 17.0 Å². The molecule has 2 rings (SSSR count). The lowest BCUT2D eigenvalue weighted by Gasteiger charge is -2.19. The molecule has 0 amide bonds. The molecule has 1 aromatic heterocycles. The molecule has 0 aliphatic rings. The molecule has 0 N–H and O–H groups in total. The van der Waals surface area contributed by atoms with Crippen LogP contribution in [0.5, 0.6) is 0 Å². The Morgan fingerprint density at radius 1 is 1.32 bits per heavy atom. The van der Waals surface area contributed by atoms with E-state index in [9.17, 15) is 4.79 Å². The molecule has 0 fully saturated rings. The minimum atomic E-state index is -0.284. The fraction of sp³-hybridized carbons (Fsp3) is 0.214. The summed E-state index contributed by atoms with van der Waals surface area (Å²) in [7, 11) is 3.40. The molecule has 1 aromatic carbocycles. The first-order valence-electron chi connectivity index (χ1n) is 5.72. The summed E-state index contributed by atoms with van der Waals surface area (Å²) in [5.74, 6) is -0.284. The number of esters is 1. The zero-order valence-electron chi connectivity index (χ0n) is 11.0. The third-order valence-electron chi connectivity index (χ3n) is 2.76. The van der Waals surface area contributed by atoms with Gasteiger partial charge in [-0.05, 0) is 24.5 Å². The summed E-state index contributed by atoms with van der Waals surface area (Å²) in [6.45, 7) is 0. The van der Waals surface area contributed by atoms with Crippen molar-refractivity contribution in [3.05, 3.63) is 41.3 Å². The molecular formula is C14H15NO2S2. The molecule has 100 valence electrons. The van der Waals surface area contributed by atoms with E-state index in [1.807, 2.05) is 49.7 Å². The molecule has 1 heterocycles. The highest BCUT2D eigenvalue weighted by Gasteiger charge is 2.17. The van der Waals surface area contributed by atoms with Crippen LogP contribution in [0.2, 0.25) is 0 Å². The Morgan fingerprint density at radius 2 is 2.00 bits per heavy atom. The minimum Gasteiger partial charge on any atom is -0.465 e. The van der Waals surface area contributed by atoms with Crippen molar-refractivity contribution < 1.29 is 9.53 Å². The third-order valence-corrected chi connectivity index (χ3v) is 4.99. The first-order valence-corrected chi connectivity index (χ1v) is 7.76. The molecule has 0 bridgehead atoms. The van der Waals surface area contributed by atoms with E-state index in [2.05, 4.69) is 4.90 Å². The number of carbonyl (C=O) groups excluding carboxylic acids is 1. The number of anilines is 2. The molecule has 0 aliphatic heterocycles. The van der Waals surface area contributed by atoms with Crippen LogP contribution in [0.25, 0.3) is 0 Å². The molecule has 0 radical (unpaired) electrons. The molecular weight excluding hydrogens is 278 g/mol. The zero-order chi connectivity index (χ0) is 13.8. The monoisotopic (exact) mass is 293 g/mol. The molecule has 0 unspecified atom stereocenters. The summed E-state index contributed by atoms with van der Waals surface area (Å²) >= 11 is 3.10. The Hall–Kier alpha value is -1.46. The Bertz CT molecular complexity index is 566. The topological polar surface area (TPSA) is 29.5 Å². The quantitative estimate of drug-likeness (QED) is 0.629. The Morgan fingerprint density at radius 3 is 2.58 bits per heavy atom. The SMILES string of the molecule is COC(=O)c1cc(N(C)c2ccccc2)c(SC)s1. The second-order valence-corrected chi connectivity index (χ2v) is 6.00. The van der Waals surface area contributed by atoms with Crippen LogP contribution in [0.3, 0.4) is 0 Å². The van der Waals surface area contributed by atoms with E-state index >= 15 is 0 Å². The normalized spacial score (nSPS) is 10.3. The van der Waals surface area contributed by atoms with Gasteiger partial charge in [-0.3, -0.25) is 0 Å². The molecule has 0 atom stereocenters. The summed E-state index contributed by atoms with van der Waals surface area (Å²) in [5, 5.41) is 0. The van der Waals surface area contributed by atoms with Crippen LogP contribution in [0.4, 0.5) is 11.4 Å². The summed E-state index contributed by atoms with van der Waals surface area (Å²) in [4.78, 5) is 14.3. The van der Waals surface area contributed by atoms with Crippen molar-refractivity contribution in [1.29, 1.82) is 0 Å². The van der Waals surface area contributed by atoms with Crippen molar-refractivity contribution in [2.75, 3.05) is 25.3 Å². The van der Waals surface area contributed by atoms with Gasteiger partial charge in [0.15, 0.2) is 0 Å². The highest BCUT2D eigenvalue weighted by molar-refractivity contribution is 8.00. The van der Waals surface area contributed by atoms with Gasteiger partial charge >= 0.3 is 5.97 Å². The average Bonchev–Trinajstić information content (AvgIpc) is 2.90. The van der Waals surface area contributed by atoms with Crippen molar-refractivity contribution >= 4 is 40.4 Å². The first-order chi connectivity index (χ1) is 9.17. The number of carbonyl (C=O) groups is 1. The predicted molar refractivity (Wildman–Crippen MR) is 81.9 cm³/mol. The van der Waals surface area contributed by atoms with E-state index in [4.69, 9.17) is 4.74 Å². The second-order valence-electron chi connectivity index (χ2n) is 3.87. The first kappa shape index (κ1) is 14.0. The Balaban J connectivity index is 2.38. The summed E-state index contributed by atoms with van der Waals surface area (Å²) in [5.41, 5.74) is 2.12. The molecule has 0 saturated carbocycles. The number of benzene rings is 1. The largest absolute Gasteiger partial charge is 0.465 e. The summed E-state index contributed by atoms with van der Waals surface area (Å²) in [6, 6.07) is 11.9. The molecule has 3 nitrogen and oxygen atoms in total. The Labute approximate surface area is 121 Å². The molecule has 0 spiro atoms. The maximum Gasteiger partial charge on any atom is 0.348 e. The van der Waals surface area contributed by atoms with E-state index in [1.54, 1.807) is 11.8 Å². The number of methoxy groups -OCH3 is 1. The van der Waals surface area contributed by atoms with Crippen LogP contribution in [0, 0.1) is 0 Å². The van der Waals surface area contributed by atoms with E-state index in [0.29, 0.717) is 4.88 Å². The lowest BCUT2D eigenvalue weighted by molar-refractivity contribution is 0.0606. The van der Waals surface area contributed by atoms with Crippen molar-refractivity contribution in [2.24, 2.45) is 0 Å². The number of hydrogen-bond acceptors (Lipinski definition) is 5. The minimum absolute atomic E-state index is 0.284. The van der Waals surface area contributed by atoms with E-state index in [1.165, 1.54) is 18.4 Å². The fourth-order valence-corrected chi connectivity index (χ4v) is 3.58. The van der Waals surface area contributed by atoms with Crippen LogP contribution in [0.1, 0.15) is 9.67 Å². The van der Waals surface area contributed by atoms with Crippen LogP contribution < -0.4 is 4.90 Å². The van der Waals surface area contributed by atoms with Crippen LogP contribution in [0.15, 0.2) is 40.6 Å². The van der Waals surface area contributed by atoms with Gasteiger partial charge in [0.25, 0.3) is 0 Å². The highest BCUT2D eigenvalue weighted by Crippen LogP contribution is 2.39. The van der Waals surface area contributed by atoms with Crippen molar-refractivity contribution in [2.45, 2.75) is 4.21 Å². The number of para-hydroxylation sites is 1. The van der Waals surface area contributed by atoms with Gasteiger partial charge in [0.2, 0.25) is 0 Å². The Kier molecular flexibility index (Phi) is 4.50. The van der Waals surface area contributed by atoms with E-state index in [0.717, 1.165) is 15.6 Å². The highest BCUT2D eigenvalue weighted by atomic mass is 32.2. The number of nitrogens with zero attached hydrogens (tertiary/aromatic N) is 1. The maximum absolute atomic E-state index is 11.6. The van der Waals surface area contributed by atoms with Crippen molar-refractivity contribution in [3.8, 4) is 0 Å². The van der Waals surface area contributed by atoms with Crippen molar-refractivity contribution in [3.63, 3.8) is 0 Å². The summed E-state index contributed by atoms with van der Waals surface area (Å²) in [6.07, 6.45) is 2.01. The van der Waals surface area contributed by atoms with Crippen molar-refractivity contribution in [1.82, 2.24) is 0 Å². The van der Waals surface area contributed by atoms with Crippen LogP contribution in [-0.2, 0) is 4.74 Å². The van der Waals surface area contributed by atoms with Gasteiger partial charge < -0.3 is 9.64 Å². The predicted octanol–water partition coefficient (Wildman–Crippen LogP) is 4.02. The average molecular weight is 293 g/mol. The maximum atomic E-state index is 11.6. The molecule has 5 heteroatoms.